The normalized spacial score (nSPS) is 13.9. The standard InChI is InChI=1S/C28H21N2.C11H20O2.Ir/c1-17-8-10-21-19-14-15-29-27(22(19)11-13-26(21)30-17)18-9-12-25-23(16-18)20-6-4-5-7-24(20)28(25,2)3;1-10(2,3)8(12)7-9(13)11(4,5)6;/h4-8,10-16H,1-3H3;7,12H,1-6H3;/q-1;;/b;8-7-;. The molecular weight excluding hydrogens is 721 g/mol. The minimum Gasteiger partial charge on any atom is -0.512 e. The predicted octanol–water partition coefficient (Wildman–Crippen LogP) is 9.95. The number of fused-ring (bicyclic) bond motifs is 6. The molecule has 0 spiro atoms. The molecule has 6 rings (SSSR count). The number of carbonyl (C=O) groups is 1. The van der Waals surface area contributed by atoms with Gasteiger partial charge in [0, 0.05) is 54.3 Å². The van der Waals surface area contributed by atoms with E-state index in [4.69, 9.17) is 4.98 Å². The summed E-state index contributed by atoms with van der Waals surface area (Å²) in [6, 6.07) is 27.3. The number of aliphatic hydroxyl groups excluding tert-OH is 1. The van der Waals surface area contributed by atoms with Crippen molar-refractivity contribution in [2.45, 2.75) is 67.7 Å². The number of allylic oxidation sites excluding steroid dienone is 2. The molecule has 0 bridgehead atoms. The van der Waals surface area contributed by atoms with Crippen LogP contribution in [0, 0.1) is 23.8 Å². The minimum absolute atomic E-state index is 0. The summed E-state index contributed by atoms with van der Waals surface area (Å²) >= 11 is 0. The van der Waals surface area contributed by atoms with Gasteiger partial charge in [-0.15, -0.1) is 29.3 Å². The minimum atomic E-state index is -0.417. The topological polar surface area (TPSA) is 63.1 Å². The number of hydrogen-bond donors (Lipinski definition) is 1. The maximum atomic E-state index is 11.5. The fourth-order valence-corrected chi connectivity index (χ4v) is 5.52. The second-order valence-electron chi connectivity index (χ2n) is 14.1. The Hall–Kier alpha value is -3.66. The molecular formula is C39H41IrN2O2-. The second kappa shape index (κ2) is 12.0. The number of rotatable bonds is 2. The van der Waals surface area contributed by atoms with Gasteiger partial charge >= 0.3 is 0 Å². The molecule has 2 aromatic heterocycles. The summed E-state index contributed by atoms with van der Waals surface area (Å²) in [6.07, 6.45) is 3.23. The number of aromatic nitrogens is 2. The third kappa shape index (κ3) is 6.27. The molecule has 229 valence electrons. The van der Waals surface area contributed by atoms with Crippen LogP contribution in [0.3, 0.4) is 0 Å². The monoisotopic (exact) mass is 762 g/mol. The Morgan fingerprint density at radius 2 is 1.52 bits per heavy atom. The van der Waals surface area contributed by atoms with Crippen LogP contribution in [0.1, 0.15) is 72.2 Å². The van der Waals surface area contributed by atoms with Crippen LogP contribution in [0.15, 0.2) is 84.8 Å². The van der Waals surface area contributed by atoms with Crippen molar-refractivity contribution in [1.82, 2.24) is 9.97 Å². The fourth-order valence-electron chi connectivity index (χ4n) is 5.52. The van der Waals surface area contributed by atoms with Crippen molar-refractivity contribution < 1.29 is 30.0 Å². The summed E-state index contributed by atoms with van der Waals surface area (Å²) in [5.74, 6) is 0.104. The molecule has 4 nitrogen and oxygen atoms in total. The van der Waals surface area contributed by atoms with E-state index in [1.807, 2.05) is 54.7 Å². The number of aliphatic hydroxyl groups is 1. The van der Waals surface area contributed by atoms with E-state index in [9.17, 15) is 9.90 Å². The molecule has 1 aliphatic rings. The molecule has 0 amide bonds. The van der Waals surface area contributed by atoms with Gasteiger partial charge in [-0.2, -0.15) is 0 Å². The van der Waals surface area contributed by atoms with Gasteiger partial charge in [-0.1, -0.05) is 97.4 Å². The Morgan fingerprint density at radius 1 is 0.841 bits per heavy atom. The quantitative estimate of drug-likeness (QED) is 0.0843. The summed E-state index contributed by atoms with van der Waals surface area (Å²) in [5.41, 5.74) is 8.61. The molecule has 1 N–H and O–H groups in total. The molecule has 3 aromatic carbocycles. The number of aryl methyl sites for hydroxylation is 1. The largest absolute Gasteiger partial charge is 0.512 e. The average Bonchev–Trinajstić information content (AvgIpc) is 3.18. The zero-order chi connectivity index (χ0) is 31.3. The van der Waals surface area contributed by atoms with Crippen molar-refractivity contribution >= 4 is 27.5 Å². The third-order valence-corrected chi connectivity index (χ3v) is 8.30. The summed E-state index contributed by atoms with van der Waals surface area (Å²) in [7, 11) is 0. The van der Waals surface area contributed by atoms with E-state index in [0.29, 0.717) is 0 Å². The summed E-state index contributed by atoms with van der Waals surface area (Å²) in [4.78, 5) is 20.9. The molecule has 0 saturated carbocycles. The van der Waals surface area contributed by atoms with Gasteiger partial charge in [0.2, 0.25) is 0 Å². The summed E-state index contributed by atoms with van der Waals surface area (Å²) in [6.45, 7) is 17.7. The van der Waals surface area contributed by atoms with Crippen molar-refractivity contribution in [3.63, 3.8) is 0 Å². The Bertz CT molecular complexity index is 1910. The maximum Gasteiger partial charge on any atom is 0.164 e. The Morgan fingerprint density at radius 3 is 2.20 bits per heavy atom. The van der Waals surface area contributed by atoms with Crippen molar-refractivity contribution in [3.8, 4) is 22.4 Å². The zero-order valence-electron chi connectivity index (χ0n) is 27.1. The Balaban J connectivity index is 0.000000271. The SMILES string of the molecule is CC(C)(C)C(=O)/C=C(\O)C(C)(C)C.Cc1ccc2c(ccc3c(-c4[c-]cc5c(c4)-c4ccccc4C5(C)C)nccc32)n1.[Ir]. The van der Waals surface area contributed by atoms with E-state index in [2.05, 4.69) is 91.6 Å². The van der Waals surface area contributed by atoms with E-state index in [0.717, 1.165) is 33.2 Å². The van der Waals surface area contributed by atoms with Gasteiger partial charge in [0.05, 0.1) is 5.52 Å². The summed E-state index contributed by atoms with van der Waals surface area (Å²) < 4.78 is 0. The van der Waals surface area contributed by atoms with E-state index in [1.165, 1.54) is 33.7 Å². The van der Waals surface area contributed by atoms with Gasteiger partial charge in [0.25, 0.3) is 0 Å². The Labute approximate surface area is 275 Å². The van der Waals surface area contributed by atoms with Crippen molar-refractivity contribution in [2.75, 3.05) is 0 Å². The zero-order valence-corrected chi connectivity index (χ0v) is 29.5. The number of hydrogen-bond acceptors (Lipinski definition) is 4. The molecule has 0 fully saturated rings. The van der Waals surface area contributed by atoms with E-state index in [1.54, 1.807) is 0 Å². The van der Waals surface area contributed by atoms with E-state index >= 15 is 0 Å². The first-order valence-electron chi connectivity index (χ1n) is 14.9. The first-order chi connectivity index (χ1) is 20.1. The molecule has 0 saturated heterocycles. The fraction of sp³-hybridized carbons (Fsp3) is 0.308. The van der Waals surface area contributed by atoms with Crippen LogP contribution < -0.4 is 0 Å². The van der Waals surface area contributed by atoms with Crippen LogP contribution in [0.4, 0.5) is 0 Å². The Kier molecular flexibility index (Phi) is 9.08. The van der Waals surface area contributed by atoms with Crippen LogP contribution >= 0.6 is 0 Å². The van der Waals surface area contributed by atoms with Gasteiger partial charge in [0.1, 0.15) is 5.76 Å². The van der Waals surface area contributed by atoms with Crippen LogP contribution in [0.25, 0.3) is 44.1 Å². The number of pyridine rings is 2. The molecule has 0 atom stereocenters. The smallest absolute Gasteiger partial charge is 0.164 e. The molecule has 1 aliphatic carbocycles. The molecule has 44 heavy (non-hydrogen) atoms. The van der Waals surface area contributed by atoms with Crippen LogP contribution in [0.2, 0.25) is 0 Å². The second-order valence-corrected chi connectivity index (χ2v) is 14.1. The van der Waals surface area contributed by atoms with Crippen molar-refractivity contribution in [2.24, 2.45) is 10.8 Å². The molecule has 5 aromatic rings. The van der Waals surface area contributed by atoms with Gasteiger partial charge in [-0.3, -0.25) is 9.78 Å². The van der Waals surface area contributed by atoms with Gasteiger partial charge in [0.15, 0.2) is 5.78 Å². The van der Waals surface area contributed by atoms with Crippen LogP contribution in [-0.2, 0) is 30.3 Å². The van der Waals surface area contributed by atoms with Crippen molar-refractivity contribution in [1.29, 1.82) is 0 Å². The molecule has 1 radical (unpaired) electrons. The molecule has 2 heterocycles. The van der Waals surface area contributed by atoms with E-state index < -0.39 is 5.41 Å². The molecule has 0 unspecified atom stereocenters. The number of benzene rings is 3. The molecule has 0 aliphatic heterocycles. The van der Waals surface area contributed by atoms with Gasteiger partial charge < -0.3 is 10.1 Å². The average molecular weight is 762 g/mol. The maximum absolute atomic E-state index is 11.5. The van der Waals surface area contributed by atoms with Crippen LogP contribution in [0.5, 0.6) is 0 Å². The van der Waals surface area contributed by atoms with Gasteiger partial charge in [-0.05, 0) is 58.1 Å². The first-order valence-corrected chi connectivity index (χ1v) is 14.9. The van der Waals surface area contributed by atoms with Gasteiger partial charge in [-0.25, -0.2) is 0 Å². The van der Waals surface area contributed by atoms with E-state index in [-0.39, 0.29) is 42.5 Å². The first kappa shape index (κ1) is 33.2. The summed E-state index contributed by atoms with van der Waals surface area (Å²) in [5, 5.41) is 13.0. The van der Waals surface area contributed by atoms with Crippen LogP contribution in [-0.4, -0.2) is 20.9 Å². The number of nitrogens with zero attached hydrogens (tertiary/aromatic N) is 2. The predicted molar refractivity (Wildman–Crippen MR) is 178 cm³/mol. The third-order valence-electron chi connectivity index (χ3n) is 8.30. The number of ketones is 1. The van der Waals surface area contributed by atoms with Crippen molar-refractivity contribution in [3.05, 3.63) is 108 Å². The number of carbonyl (C=O) groups excluding carboxylic acids is 1. The molecule has 5 heteroatoms.